The molecule has 0 aliphatic heterocycles. The predicted molar refractivity (Wildman–Crippen MR) is 268 cm³/mol. The van der Waals surface area contributed by atoms with Crippen molar-refractivity contribution in [3.8, 4) is 0 Å². The second-order valence-corrected chi connectivity index (χ2v) is 17.6. The van der Waals surface area contributed by atoms with Gasteiger partial charge in [0, 0.05) is 38.5 Å². The van der Waals surface area contributed by atoms with E-state index in [0.29, 0.717) is 31.2 Å². The molecule has 0 spiro atoms. The number of aldehydes is 1. The van der Waals surface area contributed by atoms with Gasteiger partial charge in [0.1, 0.15) is 19.5 Å². The number of aliphatic hydroxyl groups excluding tert-OH is 1. The first-order valence-electron chi connectivity index (χ1n) is 26.8. The Balaban J connectivity index is -0.00000117. The number of carbonyl (C=O) groups is 4. The van der Waals surface area contributed by atoms with Gasteiger partial charge in [0.25, 0.3) is 0 Å². The zero-order valence-corrected chi connectivity index (χ0v) is 43.7. The van der Waals surface area contributed by atoms with Crippen LogP contribution in [0.2, 0.25) is 0 Å². The highest BCUT2D eigenvalue weighted by atomic mass is 16.6. The summed E-state index contributed by atoms with van der Waals surface area (Å²) < 4.78 is 16.1. The number of rotatable bonds is 43. The number of nitrogens with zero attached hydrogens (tertiary/aromatic N) is 1. The van der Waals surface area contributed by atoms with Crippen molar-refractivity contribution in [2.24, 2.45) is 0 Å². The fourth-order valence-electron chi connectivity index (χ4n) is 7.66. The molecular weight excluding hydrogens is 791 g/mol. The van der Waals surface area contributed by atoms with Crippen LogP contribution in [0.3, 0.4) is 0 Å². The molecular formula is C54H109NO8. The van der Waals surface area contributed by atoms with Crippen molar-refractivity contribution in [1.82, 2.24) is 4.90 Å². The maximum absolute atomic E-state index is 12.5. The molecule has 0 aromatic carbocycles. The third kappa shape index (κ3) is 56.1. The van der Waals surface area contributed by atoms with Crippen LogP contribution in [0, 0.1) is 0 Å². The van der Waals surface area contributed by atoms with Crippen LogP contribution < -0.4 is 0 Å². The second kappa shape index (κ2) is 58.0. The molecule has 9 heteroatoms. The van der Waals surface area contributed by atoms with Crippen LogP contribution in [0.15, 0.2) is 0 Å². The monoisotopic (exact) mass is 900 g/mol. The van der Waals surface area contributed by atoms with E-state index in [9.17, 15) is 19.2 Å². The van der Waals surface area contributed by atoms with E-state index in [1.54, 1.807) is 0 Å². The summed E-state index contributed by atoms with van der Waals surface area (Å²) in [6, 6.07) is 1.38. The maximum Gasteiger partial charge on any atom is 0.306 e. The topological polar surface area (TPSA) is 119 Å². The summed E-state index contributed by atoms with van der Waals surface area (Å²) >= 11 is 0. The van der Waals surface area contributed by atoms with Gasteiger partial charge in [0.15, 0.2) is 6.10 Å². The standard InChI is InChI=1S/C43H80O7.C8H19N.C2H6.CH4O/c1-3-5-7-9-11-13-15-17-19-21-23-25-27-29-31-34-41(45)48-38-40(39-49-42(46)36-33-37-44)50-43(47)35-32-30-28-26-24-22-20-18-16-14-12-10-8-6-4-2;1-6-9(7(2)3)8(4)5;2*1-2/h37,40H,3-36,38-39H2,1-2H3;7-8H,6H2,1-5H3;1-2H3;2H,1H3. The van der Waals surface area contributed by atoms with Crippen LogP contribution >= 0.6 is 0 Å². The number of hydrogen-bond donors (Lipinski definition) is 1. The van der Waals surface area contributed by atoms with E-state index in [0.717, 1.165) is 52.2 Å². The van der Waals surface area contributed by atoms with Crippen LogP contribution in [0.25, 0.3) is 0 Å². The Kier molecular flexibility index (Phi) is 62.2. The zero-order chi connectivity index (χ0) is 48.0. The van der Waals surface area contributed by atoms with Crippen molar-refractivity contribution in [1.29, 1.82) is 0 Å². The first kappa shape index (κ1) is 67.6. The van der Waals surface area contributed by atoms with E-state index >= 15 is 0 Å². The average molecular weight is 900 g/mol. The zero-order valence-electron chi connectivity index (χ0n) is 43.7. The maximum atomic E-state index is 12.5. The van der Waals surface area contributed by atoms with Crippen LogP contribution in [-0.4, -0.2) is 79.3 Å². The van der Waals surface area contributed by atoms with Gasteiger partial charge in [-0.15, -0.1) is 0 Å². The summed E-state index contributed by atoms with van der Waals surface area (Å²) in [6.45, 7) is 20.5. The molecule has 1 unspecified atom stereocenters. The summed E-state index contributed by atoms with van der Waals surface area (Å²) in [5.74, 6) is -1.23. The Morgan fingerprint density at radius 1 is 0.444 bits per heavy atom. The lowest BCUT2D eigenvalue weighted by Gasteiger charge is -2.28. The molecule has 0 saturated carbocycles. The first-order chi connectivity index (χ1) is 30.6. The van der Waals surface area contributed by atoms with E-state index in [2.05, 4.69) is 53.4 Å². The lowest BCUT2D eigenvalue weighted by molar-refractivity contribution is -0.167. The lowest BCUT2D eigenvalue weighted by Crippen LogP contribution is -2.36. The van der Waals surface area contributed by atoms with Gasteiger partial charge >= 0.3 is 17.9 Å². The number of unbranched alkanes of at least 4 members (excludes halogenated alkanes) is 28. The normalized spacial score (nSPS) is 11.2. The molecule has 0 amide bonds. The van der Waals surface area contributed by atoms with Crippen LogP contribution in [0.5, 0.6) is 0 Å². The third-order valence-electron chi connectivity index (χ3n) is 11.3. The second-order valence-electron chi connectivity index (χ2n) is 17.6. The third-order valence-corrected chi connectivity index (χ3v) is 11.3. The summed E-state index contributed by atoms with van der Waals surface area (Å²) in [7, 11) is 1.00. The van der Waals surface area contributed by atoms with E-state index < -0.39 is 12.1 Å². The Bertz CT molecular complexity index is 920. The summed E-state index contributed by atoms with van der Waals surface area (Å²) in [5, 5.41) is 7.00. The molecule has 1 atom stereocenters. The van der Waals surface area contributed by atoms with Gasteiger partial charge in [-0.05, 0) is 47.1 Å². The SMILES string of the molecule is CC.CCCCCCCCCCCCCCCCCC(=O)OCC(COC(=O)CCC=O)OC(=O)CCCCCCCCCCCCCCCCC.CCN(C(C)C)C(C)C.CO. The Morgan fingerprint density at radius 2 is 0.714 bits per heavy atom. The average Bonchev–Trinajstić information content (AvgIpc) is 3.28. The highest BCUT2D eigenvalue weighted by Gasteiger charge is 2.19. The molecule has 0 rings (SSSR count). The molecule has 0 bridgehead atoms. The molecule has 378 valence electrons. The Hall–Kier alpha value is -2.00. The van der Waals surface area contributed by atoms with Crippen molar-refractivity contribution in [2.45, 2.75) is 299 Å². The molecule has 0 saturated heterocycles. The molecule has 63 heavy (non-hydrogen) atoms. The van der Waals surface area contributed by atoms with Crippen LogP contribution in [0.1, 0.15) is 281 Å². The van der Waals surface area contributed by atoms with Gasteiger partial charge in [-0.25, -0.2) is 0 Å². The minimum Gasteiger partial charge on any atom is -0.462 e. The van der Waals surface area contributed by atoms with Gasteiger partial charge in [0.05, 0.1) is 6.42 Å². The van der Waals surface area contributed by atoms with Gasteiger partial charge in [-0.2, -0.15) is 0 Å². The molecule has 9 nitrogen and oxygen atoms in total. The highest BCUT2D eigenvalue weighted by molar-refractivity contribution is 5.72. The van der Waals surface area contributed by atoms with Crippen LogP contribution in [0.4, 0.5) is 0 Å². The van der Waals surface area contributed by atoms with Crippen molar-refractivity contribution in [2.75, 3.05) is 26.9 Å². The molecule has 0 heterocycles. The van der Waals surface area contributed by atoms with Crippen molar-refractivity contribution < 1.29 is 38.5 Å². The van der Waals surface area contributed by atoms with Crippen molar-refractivity contribution in [3.63, 3.8) is 0 Å². The number of hydrogen-bond acceptors (Lipinski definition) is 9. The predicted octanol–water partition coefficient (Wildman–Crippen LogP) is 15.2. The van der Waals surface area contributed by atoms with E-state index in [4.69, 9.17) is 19.3 Å². The quantitative estimate of drug-likeness (QED) is 0.0276. The van der Waals surface area contributed by atoms with Gasteiger partial charge in [-0.3, -0.25) is 19.3 Å². The van der Waals surface area contributed by atoms with Gasteiger partial charge < -0.3 is 24.1 Å². The number of carbonyl (C=O) groups excluding carboxylic acids is 4. The van der Waals surface area contributed by atoms with Gasteiger partial charge in [-0.1, -0.05) is 214 Å². The Morgan fingerprint density at radius 3 is 0.968 bits per heavy atom. The number of esters is 3. The molecule has 0 aliphatic rings. The number of aliphatic hydroxyl groups is 1. The van der Waals surface area contributed by atoms with E-state index in [1.807, 2.05) is 13.8 Å². The highest BCUT2D eigenvalue weighted by Crippen LogP contribution is 2.16. The lowest BCUT2D eigenvalue weighted by atomic mass is 10.0. The smallest absolute Gasteiger partial charge is 0.306 e. The molecule has 0 fully saturated rings. The largest absolute Gasteiger partial charge is 0.462 e. The fourth-order valence-corrected chi connectivity index (χ4v) is 7.66. The summed E-state index contributed by atoms with van der Waals surface area (Å²) in [6.07, 6.45) is 38.4. The van der Waals surface area contributed by atoms with E-state index in [1.165, 1.54) is 154 Å². The molecule has 0 radical (unpaired) electrons. The molecule has 0 aliphatic carbocycles. The van der Waals surface area contributed by atoms with Crippen molar-refractivity contribution in [3.05, 3.63) is 0 Å². The molecule has 1 N–H and O–H groups in total. The Labute approximate surface area is 392 Å². The summed E-state index contributed by atoms with van der Waals surface area (Å²) in [5.41, 5.74) is 0. The summed E-state index contributed by atoms with van der Waals surface area (Å²) in [4.78, 5) is 49.8. The van der Waals surface area contributed by atoms with Crippen molar-refractivity contribution >= 4 is 24.2 Å². The van der Waals surface area contributed by atoms with Crippen LogP contribution in [-0.2, 0) is 33.4 Å². The molecule has 0 aromatic heterocycles. The number of ether oxygens (including phenoxy) is 3. The first-order valence-corrected chi connectivity index (χ1v) is 26.8. The van der Waals surface area contributed by atoms with Gasteiger partial charge in [0.2, 0.25) is 0 Å². The minimum atomic E-state index is -0.843. The molecule has 0 aromatic rings. The minimum absolute atomic E-state index is 0.0255. The fraction of sp³-hybridized carbons (Fsp3) is 0.926. The van der Waals surface area contributed by atoms with E-state index in [-0.39, 0.29) is 38.0 Å².